The van der Waals surface area contributed by atoms with Crippen molar-refractivity contribution >= 4 is 0 Å². The number of hydrogen-bond acceptors (Lipinski definition) is 3. The maximum absolute atomic E-state index is 8.72. The van der Waals surface area contributed by atoms with Crippen LogP contribution in [0.15, 0.2) is 0 Å². The smallest absolute Gasteiger partial charge is 0.275 e. The third-order valence-corrected chi connectivity index (χ3v) is 2.77. The molecular formula is C12H26O3. The normalized spacial score (nSPS) is 14.2. The Hall–Kier alpha value is -0.120. The van der Waals surface area contributed by atoms with Crippen LogP contribution in [0.25, 0.3) is 0 Å². The average Bonchev–Trinajstić information content (AvgIpc) is 2.13. The summed E-state index contributed by atoms with van der Waals surface area (Å²) in [4.78, 5) is 0. The SMILES string of the molecule is CCCCCCCC(C)CCC(O)(O)O. The lowest BCUT2D eigenvalue weighted by Gasteiger charge is -2.17. The summed E-state index contributed by atoms with van der Waals surface area (Å²) in [7, 11) is 0. The molecule has 0 rings (SSSR count). The zero-order chi connectivity index (χ0) is 11.7. The van der Waals surface area contributed by atoms with E-state index in [-0.39, 0.29) is 6.42 Å². The Bertz CT molecular complexity index is 140. The zero-order valence-electron chi connectivity index (χ0n) is 10.1. The molecule has 1 unspecified atom stereocenters. The highest BCUT2D eigenvalue weighted by atomic mass is 16.7. The van der Waals surface area contributed by atoms with E-state index in [2.05, 4.69) is 13.8 Å². The van der Waals surface area contributed by atoms with Gasteiger partial charge in [0.05, 0.1) is 0 Å². The molecule has 0 fully saturated rings. The molecule has 0 spiro atoms. The second kappa shape index (κ2) is 8.08. The van der Waals surface area contributed by atoms with Gasteiger partial charge in [-0.15, -0.1) is 0 Å². The maximum Gasteiger partial charge on any atom is 0.275 e. The average molecular weight is 218 g/mol. The molecule has 0 bridgehead atoms. The number of unbranched alkanes of at least 4 members (excludes halogenated alkanes) is 4. The summed E-state index contributed by atoms with van der Waals surface area (Å²) in [6.07, 6.45) is 8.16. The molecule has 3 N–H and O–H groups in total. The summed E-state index contributed by atoms with van der Waals surface area (Å²) in [5, 5.41) is 26.2. The first-order valence-corrected chi connectivity index (χ1v) is 6.13. The minimum Gasteiger partial charge on any atom is -0.344 e. The van der Waals surface area contributed by atoms with Crippen LogP contribution in [0, 0.1) is 5.92 Å². The van der Waals surface area contributed by atoms with Crippen molar-refractivity contribution in [3.63, 3.8) is 0 Å². The van der Waals surface area contributed by atoms with Gasteiger partial charge in [-0.05, 0) is 12.3 Å². The van der Waals surface area contributed by atoms with E-state index < -0.39 is 5.97 Å². The van der Waals surface area contributed by atoms with Gasteiger partial charge in [-0.1, -0.05) is 52.4 Å². The molecule has 0 aromatic heterocycles. The van der Waals surface area contributed by atoms with Crippen LogP contribution in [0.3, 0.4) is 0 Å². The van der Waals surface area contributed by atoms with Crippen molar-refractivity contribution in [2.75, 3.05) is 0 Å². The second-order valence-electron chi connectivity index (χ2n) is 4.62. The van der Waals surface area contributed by atoms with Crippen molar-refractivity contribution in [1.82, 2.24) is 0 Å². The van der Waals surface area contributed by atoms with Crippen LogP contribution < -0.4 is 0 Å². The van der Waals surface area contributed by atoms with Crippen LogP contribution in [0.5, 0.6) is 0 Å². The molecule has 0 amide bonds. The van der Waals surface area contributed by atoms with Gasteiger partial charge in [-0.3, -0.25) is 0 Å². The summed E-state index contributed by atoms with van der Waals surface area (Å²) in [6, 6.07) is 0. The summed E-state index contributed by atoms with van der Waals surface area (Å²) in [6.45, 7) is 4.29. The highest BCUT2D eigenvalue weighted by molar-refractivity contribution is 4.57. The van der Waals surface area contributed by atoms with E-state index in [0.717, 1.165) is 6.42 Å². The zero-order valence-corrected chi connectivity index (χ0v) is 10.1. The second-order valence-corrected chi connectivity index (χ2v) is 4.62. The lowest BCUT2D eigenvalue weighted by atomic mass is 9.97. The van der Waals surface area contributed by atoms with Gasteiger partial charge in [0, 0.05) is 6.42 Å². The first-order chi connectivity index (χ1) is 6.95. The molecule has 0 heterocycles. The molecule has 0 aromatic rings. The Balaban J connectivity index is 3.30. The summed E-state index contributed by atoms with van der Waals surface area (Å²) in [5.74, 6) is -2.02. The number of rotatable bonds is 9. The molecular weight excluding hydrogens is 192 g/mol. The molecule has 3 heteroatoms. The van der Waals surface area contributed by atoms with Crippen LogP contribution in [0.2, 0.25) is 0 Å². The van der Waals surface area contributed by atoms with E-state index in [1.807, 2.05) is 0 Å². The molecule has 0 saturated carbocycles. The van der Waals surface area contributed by atoms with E-state index in [1.165, 1.54) is 32.1 Å². The Morgan fingerprint density at radius 2 is 1.53 bits per heavy atom. The number of aliphatic hydroxyl groups is 3. The molecule has 0 aliphatic carbocycles. The third-order valence-electron chi connectivity index (χ3n) is 2.77. The quantitative estimate of drug-likeness (QED) is 0.411. The molecule has 3 nitrogen and oxygen atoms in total. The van der Waals surface area contributed by atoms with Gasteiger partial charge in [0.25, 0.3) is 5.97 Å². The Morgan fingerprint density at radius 1 is 0.933 bits per heavy atom. The predicted molar refractivity (Wildman–Crippen MR) is 61.2 cm³/mol. The fourth-order valence-electron chi connectivity index (χ4n) is 1.68. The molecule has 1 atom stereocenters. The Kier molecular flexibility index (Phi) is 8.02. The monoisotopic (exact) mass is 218 g/mol. The highest BCUT2D eigenvalue weighted by Crippen LogP contribution is 2.18. The Labute approximate surface area is 93.1 Å². The van der Waals surface area contributed by atoms with Crippen molar-refractivity contribution < 1.29 is 15.3 Å². The van der Waals surface area contributed by atoms with Crippen molar-refractivity contribution in [2.24, 2.45) is 5.92 Å². The van der Waals surface area contributed by atoms with Crippen molar-refractivity contribution in [3.05, 3.63) is 0 Å². The van der Waals surface area contributed by atoms with Crippen molar-refractivity contribution in [1.29, 1.82) is 0 Å². The van der Waals surface area contributed by atoms with Crippen molar-refractivity contribution in [2.45, 2.75) is 71.2 Å². The molecule has 0 saturated heterocycles. The maximum atomic E-state index is 8.72. The van der Waals surface area contributed by atoms with Crippen LogP contribution in [-0.2, 0) is 0 Å². The lowest BCUT2D eigenvalue weighted by Crippen LogP contribution is -2.27. The largest absolute Gasteiger partial charge is 0.344 e. The Morgan fingerprint density at radius 3 is 2.07 bits per heavy atom. The summed E-state index contributed by atoms with van der Waals surface area (Å²) in [5.41, 5.74) is 0. The van der Waals surface area contributed by atoms with Gasteiger partial charge in [-0.25, -0.2) is 0 Å². The number of hydrogen-bond donors (Lipinski definition) is 3. The van der Waals surface area contributed by atoms with Crippen LogP contribution >= 0.6 is 0 Å². The summed E-state index contributed by atoms with van der Waals surface area (Å²) >= 11 is 0. The van der Waals surface area contributed by atoms with Crippen LogP contribution in [0.4, 0.5) is 0 Å². The summed E-state index contributed by atoms with van der Waals surface area (Å²) < 4.78 is 0. The van der Waals surface area contributed by atoms with E-state index in [1.54, 1.807) is 0 Å². The highest BCUT2D eigenvalue weighted by Gasteiger charge is 2.18. The predicted octanol–water partition coefficient (Wildman–Crippen LogP) is 2.39. The van der Waals surface area contributed by atoms with Crippen LogP contribution in [-0.4, -0.2) is 21.3 Å². The van der Waals surface area contributed by atoms with E-state index in [4.69, 9.17) is 15.3 Å². The van der Waals surface area contributed by atoms with Gasteiger partial charge >= 0.3 is 0 Å². The lowest BCUT2D eigenvalue weighted by molar-refractivity contribution is -0.315. The first kappa shape index (κ1) is 14.9. The minimum absolute atomic E-state index is 0.0448. The van der Waals surface area contributed by atoms with Gasteiger partial charge in [0.15, 0.2) is 0 Å². The van der Waals surface area contributed by atoms with Gasteiger partial charge in [0.1, 0.15) is 0 Å². The molecule has 0 radical (unpaired) electrons. The third kappa shape index (κ3) is 11.8. The van der Waals surface area contributed by atoms with Gasteiger partial charge < -0.3 is 15.3 Å². The van der Waals surface area contributed by atoms with Crippen molar-refractivity contribution in [3.8, 4) is 0 Å². The standard InChI is InChI=1S/C12H26O3/c1-3-4-5-6-7-8-11(2)9-10-12(13,14)15/h11,13-15H,3-10H2,1-2H3. The first-order valence-electron chi connectivity index (χ1n) is 6.13. The van der Waals surface area contributed by atoms with Gasteiger partial charge in [0.2, 0.25) is 0 Å². The molecule has 0 aliphatic heterocycles. The minimum atomic E-state index is -2.48. The van der Waals surface area contributed by atoms with E-state index in [0.29, 0.717) is 12.3 Å². The van der Waals surface area contributed by atoms with Gasteiger partial charge in [-0.2, -0.15) is 0 Å². The molecule has 15 heavy (non-hydrogen) atoms. The fraction of sp³-hybridized carbons (Fsp3) is 1.00. The van der Waals surface area contributed by atoms with E-state index in [9.17, 15) is 0 Å². The van der Waals surface area contributed by atoms with E-state index >= 15 is 0 Å². The molecule has 0 aliphatic rings. The van der Waals surface area contributed by atoms with Crippen LogP contribution in [0.1, 0.15) is 65.2 Å². The molecule has 92 valence electrons. The fourth-order valence-corrected chi connectivity index (χ4v) is 1.68. The molecule has 0 aromatic carbocycles. The topological polar surface area (TPSA) is 60.7 Å².